The minimum atomic E-state index is -4.30. The molecule has 0 saturated carbocycles. The molecule has 0 saturated heterocycles. The summed E-state index contributed by atoms with van der Waals surface area (Å²) in [5.74, 6) is -0.794. The van der Waals surface area contributed by atoms with Crippen molar-refractivity contribution < 1.29 is 18.0 Å². The molecule has 0 heterocycles. The van der Waals surface area contributed by atoms with E-state index >= 15 is 0 Å². The summed E-state index contributed by atoms with van der Waals surface area (Å²) in [6.07, 6.45) is 0.202. The highest BCUT2D eigenvalue weighted by Gasteiger charge is 2.35. The Bertz CT molecular complexity index is 1700. The van der Waals surface area contributed by atoms with Crippen molar-refractivity contribution in [3.05, 3.63) is 129 Å². The summed E-state index contributed by atoms with van der Waals surface area (Å²) in [6.45, 7) is 3.73. The Morgan fingerprint density at radius 1 is 0.778 bits per heavy atom. The molecule has 7 nitrogen and oxygen atoms in total. The third-order valence-electron chi connectivity index (χ3n) is 7.01. The number of nitrogens with zero attached hydrogens (tertiary/aromatic N) is 2. The molecule has 0 aromatic heterocycles. The van der Waals surface area contributed by atoms with Gasteiger partial charge in [-0.05, 0) is 59.5 Å². The maximum Gasteiger partial charge on any atom is 0.264 e. The zero-order valence-corrected chi connectivity index (χ0v) is 28.0. The molecule has 0 spiro atoms. The van der Waals surface area contributed by atoms with Crippen LogP contribution < -0.4 is 9.62 Å². The van der Waals surface area contributed by atoms with E-state index in [1.54, 1.807) is 42.5 Å². The first-order valence-electron chi connectivity index (χ1n) is 14.3. The Labute approximate surface area is 279 Å². The van der Waals surface area contributed by atoms with Crippen LogP contribution in [0.1, 0.15) is 25.0 Å². The number of hydrogen-bond acceptors (Lipinski definition) is 4. The number of sulfonamides is 1. The maximum atomic E-state index is 14.5. The monoisotopic (exact) mass is 685 g/mol. The number of halogens is 3. The lowest BCUT2D eigenvalue weighted by atomic mass is 10.0. The summed E-state index contributed by atoms with van der Waals surface area (Å²) in [5, 5.41) is 3.81. The fourth-order valence-corrected chi connectivity index (χ4v) is 6.68. The minimum absolute atomic E-state index is 0.0190. The van der Waals surface area contributed by atoms with E-state index in [0.717, 1.165) is 9.87 Å². The molecule has 4 rings (SSSR count). The van der Waals surface area contributed by atoms with Crippen LogP contribution in [-0.4, -0.2) is 44.3 Å². The van der Waals surface area contributed by atoms with Crippen molar-refractivity contribution in [1.82, 2.24) is 10.2 Å². The normalized spacial score (nSPS) is 12.0. The van der Waals surface area contributed by atoms with Crippen LogP contribution in [-0.2, 0) is 32.6 Å². The fourth-order valence-electron chi connectivity index (χ4n) is 4.67. The third kappa shape index (κ3) is 9.23. The van der Waals surface area contributed by atoms with Crippen LogP contribution in [0.25, 0.3) is 0 Å². The van der Waals surface area contributed by atoms with Gasteiger partial charge in [-0.25, -0.2) is 8.42 Å². The lowest BCUT2D eigenvalue weighted by Crippen LogP contribution is -2.53. The van der Waals surface area contributed by atoms with Crippen LogP contribution in [0.2, 0.25) is 15.1 Å². The molecule has 4 aromatic carbocycles. The van der Waals surface area contributed by atoms with E-state index in [2.05, 4.69) is 5.32 Å². The summed E-state index contributed by atoms with van der Waals surface area (Å²) in [7, 11) is -4.30. The number of rotatable bonds is 13. The van der Waals surface area contributed by atoms with Crippen LogP contribution in [0.4, 0.5) is 5.69 Å². The van der Waals surface area contributed by atoms with Crippen molar-refractivity contribution in [3.63, 3.8) is 0 Å². The van der Waals surface area contributed by atoms with Gasteiger partial charge in [-0.3, -0.25) is 13.9 Å². The number of benzene rings is 4. The van der Waals surface area contributed by atoms with Crippen LogP contribution in [0.3, 0.4) is 0 Å². The minimum Gasteiger partial charge on any atom is -0.354 e. The van der Waals surface area contributed by atoms with E-state index in [0.29, 0.717) is 17.1 Å². The van der Waals surface area contributed by atoms with E-state index in [9.17, 15) is 18.0 Å². The second kappa shape index (κ2) is 15.6. The first-order valence-corrected chi connectivity index (χ1v) is 16.9. The van der Waals surface area contributed by atoms with Gasteiger partial charge in [-0.1, -0.05) is 109 Å². The number of hydrogen-bond donors (Lipinski definition) is 1. The van der Waals surface area contributed by atoms with Crippen molar-refractivity contribution in [2.45, 2.75) is 37.8 Å². The van der Waals surface area contributed by atoms with Gasteiger partial charge in [0.1, 0.15) is 12.6 Å². The molecule has 1 N–H and O–H groups in total. The van der Waals surface area contributed by atoms with Crippen molar-refractivity contribution in [2.24, 2.45) is 5.92 Å². The highest BCUT2D eigenvalue weighted by molar-refractivity contribution is 7.92. The van der Waals surface area contributed by atoms with Crippen molar-refractivity contribution in [1.29, 1.82) is 0 Å². The number of carbonyl (C=O) groups excluding carboxylic acids is 2. The molecule has 0 radical (unpaired) electrons. The zero-order chi connectivity index (χ0) is 32.6. The van der Waals surface area contributed by atoms with Gasteiger partial charge in [-0.2, -0.15) is 0 Å². The van der Waals surface area contributed by atoms with E-state index in [-0.39, 0.29) is 45.4 Å². The maximum absolute atomic E-state index is 14.5. The largest absolute Gasteiger partial charge is 0.354 e. The molecule has 0 aliphatic rings. The van der Waals surface area contributed by atoms with Gasteiger partial charge in [0.15, 0.2) is 0 Å². The molecule has 0 fully saturated rings. The molecule has 45 heavy (non-hydrogen) atoms. The van der Waals surface area contributed by atoms with E-state index in [1.807, 2.05) is 44.2 Å². The van der Waals surface area contributed by atoms with Gasteiger partial charge in [-0.15, -0.1) is 0 Å². The number of amides is 2. The molecule has 4 aromatic rings. The fraction of sp³-hybridized carbons (Fsp3) is 0.235. The van der Waals surface area contributed by atoms with E-state index < -0.39 is 28.5 Å². The SMILES string of the molecule is CC(C)CNC(=O)[C@@H](Cc1ccccc1)N(Cc1ccc(Cl)cc1)C(=O)CN(c1cc(Cl)ccc1Cl)S(=O)(=O)c1ccccc1. The van der Waals surface area contributed by atoms with Crippen LogP contribution in [0.15, 0.2) is 108 Å². The molecule has 0 aliphatic carbocycles. The summed E-state index contributed by atoms with van der Waals surface area (Å²) >= 11 is 18.9. The highest BCUT2D eigenvalue weighted by atomic mass is 35.5. The molecule has 2 amide bonds. The second-order valence-electron chi connectivity index (χ2n) is 10.9. The number of anilines is 1. The molecular formula is C34H34Cl3N3O4S. The van der Waals surface area contributed by atoms with Gasteiger partial charge in [0.05, 0.1) is 15.6 Å². The summed E-state index contributed by atoms with van der Waals surface area (Å²) in [5.41, 5.74) is 1.58. The van der Waals surface area contributed by atoms with E-state index in [4.69, 9.17) is 34.8 Å². The first-order chi connectivity index (χ1) is 21.5. The third-order valence-corrected chi connectivity index (χ3v) is 9.59. The lowest BCUT2D eigenvalue weighted by Gasteiger charge is -2.34. The molecule has 11 heteroatoms. The Hall–Kier alpha value is -3.56. The molecule has 1 atom stereocenters. The first kappa shape index (κ1) is 34.3. The topological polar surface area (TPSA) is 86.8 Å². The summed E-state index contributed by atoms with van der Waals surface area (Å²) in [6, 6.07) is 27.5. The van der Waals surface area contributed by atoms with Crippen LogP contribution >= 0.6 is 34.8 Å². The number of nitrogens with one attached hydrogen (secondary N) is 1. The molecule has 0 bridgehead atoms. The highest BCUT2D eigenvalue weighted by Crippen LogP contribution is 2.33. The molecule has 236 valence electrons. The number of carbonyl (C=O) groups is 2. The Balaban J connectivity index is 1.82. The summed E-state index contributed by atoms with van der Waals surface area (Å²) < 4.78 is 29.1. The lowest BCUT2D eigenvalue weighted by molar-refractivity contribution is -0.140. The molecule has 0 aliphatic heterocycles. The molecular weight excluding hydrogens is 653 g/mol. The Morgan fingerprint density at radius 3 is 2.00 bits per heavy atom. The standard InChI is InChI=1S/C34H34Cl3N3O4S/c1-24(2)21-38-34(42)32(19-25-9-5-3-6-10-25)39(22-26-13-15-27(35)16-14-26)33(41)23-40(31-20-28(36)17-18-30(31)37)45(43,44)29-11-7-4-8-12-29/h3-18,20,24,32H,19,21-23H2,1-2H3,(H,38,42)/t32-/m1/s1. The summed E-state index contributed by atoms with van der Waals surface area (Å²) in [4.78, 5) is 29.7. The van der Waals surface area contributed by atoms with Gasteiger partial charge >= 0.3 is 0 Å². The second-order valence-corrected chi connectivity index (χ2v) is 14.1. The van der Waals surface area contributed by atoms with Gasteiger partial charge < -0.3 is 10.2 Å². The van der Waals surface area contributed by atoms with Crippen LogP contribution in [0, 0.1) is 5.92 Å². The average Bonchev–Trinajstić information content (AvgIpc) is 3.03. The molecule has 0 unspecified atom stereocenters. The van der Waals surface area contributed by atoms with Crippen molar-refractivity contribution in [3.8, 4) is 0 Å². The van der Waals surface area contributed by atoms with E-state index in [1.165, 1.54) is 35.2 Å². The Kier molecular flexibility index (Phi) is 11.9. The quantitative estimate of drug-likeness (QED) is 0.161. The van der Waals surface area contributed by atoms with Gasteiger partial charge in [0.2, 0.25) is 11.8 Å². The van der Waals surface area contributed by atoms with Gasteiger partial charge in [0, 0.05) is 29.6 Å². The average molecular weight is 687 g/mol. The Morgan fingerprint density at radius 2 is 1.38 bits per heavy atom. The van der Waals surface area contributed by atoms with Crippen molar-refractivity contribution in [2.75, 3.05) is 17.4 Å². The predicted octanol–water partition coefficient (Wildman–Crippen LogP) is 7.25. The van der Waals surface area contributed by atoms with Gasteiger partial charge in [0.25, 0.3) is 10.0 Å². The van der Waals surface area contributed by atoms with Crippen molar-refractivity contribution >= 4 is 62.3 Å². The predicted molar refractivity (Wildman–Crippen MR) is 181 cm³/mol. The van der Waals surface area contributed by atoms with Crippen LogP contribution in [0.5, 0.6) is 0 Å². The smallest absolute Gasteiger partial charge is 0.264 e. The zero-order valence-electron chi connectivity index (χ0n) is 24.9.